The lowest BCUT2D eigenvalue weighted by Gasteiger charge is -2.36. The second-order valence-electron chi connectivity index (χ2n) is 15.5. The van der Waals surface area contributed by atoms with Gasteiger partial charge in [-0.3, -0.25) is 33.6 Å². The maximum absolute atomic E-state index is 14.4. The molecule has 0 radical (unpaired) electrons. The molecule has 1 aromatic carbocycles. The van der Waals surface area contributed by atoms with Crippen molar-refractivity contribution in [2.75, 3.05) is 40.4 Å². The minimum atomic E-state index is -1.31. The number of amides is 6. The van der Waals surface area contributed by atoms with Crippen LogP contribution in [0.4, 0.5) is 4.79 Å². The third kappa shape index (κ3) is 11.1. The highest BCUT2D eigenvalue weighted by atomic mass is 16.5. The summed E-state index contributed by atoms with van der Waals surface area (Å²) in [4.78, 5) is 110. The number of piperidine rings is 1. The first-order valence-corrected chi connectivity index (χ1v) is 19.8. The van der Waals surface area contributed by atoms with Gasteiger partial charge in [-0.1, -0.05) is 76.8 Å². The molecule has 6 amide bonds. The van der Waals surface area contributed by atoms with E-state index in [2.05, 4.69) is 21.3 Å². The zero-order chi connectivity index (χ0) is 41.1. The van der Waals surface area contributed by atoms with Crippen LogP contribution < -0.4 is 21.3 Å². The van der Waals surface area contributed by atoms with Crippen LogP contribution in [0.3, 0.4) is 0 Å². The highest BCUT2D eigenvalue weighted by Crippen LogP contribution is 2.56. The Morgan fingerprint density at radius 3 is 2.18 bits per heavy atom. The van der Waals surface area contributed by atoms with Crippen LogP contribution in [0.25, 0.3) is 0 Å². The molecule has 3 aliphatic rings. The van der Waals surface area contributed by atoms with E-state index in [0.29, 0.717) is 24.8 Å². The average molecular weight is 783 g/mol. The van der Waals surface area contributed by atoms with Crippen molar-refractivity contribution >= 4 is 47.4 Å². The molecular weight excluding hydrogens is 724 g/mol. The molecule has 1 heterocycles. The summed E-state index contributed by atoms with van der Waals surface area (Å²) in [5, 5.41) is 10.4. The lowest BCUT2D eigenvalue weighted by Crippen LogP contribution is -2.59. The molecule has 4 rings (SSSR count). The molecule has 56 heavy (non-hydrogen) atoms. The van der Waals surface area contributed by atoms with Gasteiger partial charge in [0.15, 0.2) is 0 Å². The molecule has 2 unspecified atom stereocenters. The minimum absolute atomic E-state index is 0.0687. The van der Waals surface area contributed by atoms with Crippen molar-refractivity contribution in [2.24, 2.45) is 29.6 Å². The number of ketones is 1. The highest BCUT2D eigenvalue weighted by Gasteiger charge is 2.68. The molecule has 1 saturated heterocycles. The van der Waals surface area contributed by atoms with Crippen molar-refractivity contribution < 1.29 is 47.8 Å². The van der Waals surface area contributed by atoms with Crippen molar-refractivity contribution in [3.8, 4) is 0 Å². The molecule has 1 aromatic rings. The Balaban J connectivity index is 1.49. The van der Waals surface area contributed by atoms with E-state index in [1.165, 1.54) is 9.80 Å². The van der Waals surface area contributed by atoms with Gasteiger partial charge in [-0.15, -0.1) is 0 Å². The largest absolute Gasteiger partial charge is 0.466 e. The Morgan fingerprint density at radius 1 is 0.893 bits per heavy atom. The number of Topliss-reactive ketones (excluding diaryl/α,β-unsaturated/α-hetero) is 1. The fourth-order valence-electron chi connectivity index (χ4n) is 7.79. The van der Waals surface area contributed by atoms with Crippen LogP contribution in [0.5, 0.6) is 0 Å². The molecule has 0 aromatic heterocycles. The summed E-state index contributed by atoms with van der Waals surface area (Å²) in [6, 6.07) is 4.09. The first kappa shape index (κ1) is 43.7. The van der Waals surface area contributed by atoms with E-state index in [1.54, 1.807) is 58.3 Å². The van der Waals surface area contributed by atoms with Gasteiger partial charge in [0.2, 0.25) is 29.4 Å². The van der Waals surface area contributed by atoms with Crippen molar-refractivity contribution in [3.05, 3.63) is 35.9 Å². The number of fused-ring (bicyclic) bond motifs is 1. The van der Waals surface area contributed by atoms with Gasteiger partial charge in [-0.25, -0.2) is 4.79 Å². The Kier molecular flexibility index (Phi) is 15.8. The molecule has 16 heteroatoms. The van der Waals surface area contributed by atoms with E-state index >= 15 is 0 Å². The average Bonchev–Trinajstić information content (AvgIpc) is 3.75. The number of esters is 1. The summed E-state index contributed by atoms with van der Waals surface area (Å²) >= 11 is 0. The fourth-order valence-corrected chi connectivity index (χ4v) is 7.79. The number of nitrogens with one attached hydrogen (secondary N) is 4. The molecule has 4 N–H and O–H groups in total. The molecule has 2 saturated carbocycles. The molecule has 0 bridgehead atoms. The standard InChI is InChI=1S/C40H58N6O10/c1-7-15-27(34(48)36(50)41-20-28(47)43-31(37(51)45(5)6)24-16-11-9-12-17-24)42-35(49)33-29-26(30(29)39(53)55-8-2)21-46(33)38(52)32(25-18-13-10-14-19-25)44-40(54)56-22-23(3)4/h9,11-12,16-17,23,25-27,29-33H,7-8,10,13-15,18-22H2,1-6H3,(H,41,50)(H,42,49)(H,43,47)(H,44,54)/t26-,27?,29+,30-,31?,32-,33-/m0/s1. The minimum Gasteiger partial charge on any atom is -0.466 e. The van der Waals surface area contributed by atoms with Crippen molar-refractivity contribution in [1.82, 2.24) is 31.1 Å². The second kappa shape index (κ2) is 20.2. The van der Waals surface area contributed by atoms with E-state index < -0.39 is 89.9 Å². The van der Waals surface area contributed by atoms with Gasteiger partial charge in [0.1, 0.15) is 18.1 Å². The number of hydrogen-bond acceptors (Lipinski definition) is 10. The number of likely N-dealkylation sites (N-methyl/N-ethyl adjacent to an activating group) is 1. The van der Waals surface area contributed by atoms with Gasteiger partial charge in [-0.2, -0.15) is 0 Å². The Bertz CT molecular complexity index is 1600. The van der Waals surface area contributed by atoms with Crippen LogP contribution in [0, 0.1) is 29.6 Å². The number of ether oxygens (including phenoxy) is 2. The molecular formula is C40H58N6O10. The van der Waals surface area contributed by atoms with E-state index in [1.807, 2.05) is 13.8 Å². The zero-order valence-electron chi connectivity index (χ0n) is 33.3. The van der Waals surface area contributed by atoms with Crippen LogP contribution in [0.15, 0.2) is 30.3 Å². The Hall–Kier alpha value is -5.02. The first-order chi connectivity index (χ1) is 26.7. The molecule has 3 fully saturated rings. The summed E-state index contributed by atoms with van der Waals surface area (Å²) in [6.07, 6.45) is 3.89. The maximum Gasteiger partial charge on any atom is 0.407 e. The van der Waals surface area contributed by atoms with Crippen LogP contribution in [-0.2, 0) is 43.0 Å². The predicted molar refractivity (Wildman–Crippen MR) is 203 cm³/mol. The normalized spacial score (nSPS) is 21.7. The summed E-state index contributed by atoms with van der Waals surface area (Å²) in [7, 11) is 3.09. The second-order valence-corrected chi connectivity index (χ2v) is 15.5. The van der Waals surface area contributed by atoms with Gasteiger partial charge in [0.05, 0.1) is 31.7 Å². The first-order valence-electron chi connectivity index (χ1n) is 19.8. The molecule has 16 nitrogen and oxygen atoms in total. The molecule has 2 aliphatic carbocycles. The Labute approximate surface area is 328 Å². The zero-order valence-corrected chi connectivity index (χ0v) is 33.3. The van der Waals surface area contributed by atoms with Crippen LogP contribution in [0.2, 0.25) is 0 Å². The Morgan fingerprint density at radius 2 is 1.57 bits per heavy atom. The number of benzene rings is 1. The summed E-state index contributed by atoms with van der Waals surface area (Å²) < 4.78 is 10.6. The summed E-state index contributed by atoms with van der Waals surface area (Å²) in [5.74, 6) is -6.61. The van der Waals surface area contributed by atoms with Gasteiger partial charge >= 0.3 is 12.1 Å². The van der Waals surface area contributed by atoms with E-state index in [4.69, 9.17) is 9.47 Å². The smallest absolute Gasteiger partial charge is 0.407 e. The molecule has 1 aliphatic heterocycles. The SMILES string of the molecule is CCCC(NC(=O)[C@@H]1[C@@H]2[C@H](CN1C(=O)[C@@H](NC(=O)OCC(C)C)C1CCCCC1)[C@@H]2C(=O)OCC)C(=O)C(=O)NCC(=O)NC(C(=O)N(C)C)c1ccccc1. The fraction of sp³-hybridized carbons (Fsp3) is 0.650. The third-order valence-corrected chi connectivity index (χ3v) is 10.6. The number of alkyl carbamates (subject to hydrolysis) is 1. The monoisotopic (exact) mass is 782 g/mol. The van der Waals surface area contributed by atoms with Crippen molar-refractivity contribution in [3.63, 3.8) is 0 Å². The van der Waals surface area contributed by atoms with Gasteiger partial charge in [0.25, 0.3) is 5.91 Å². The van der Waals surface area contributed by atoms with Crippen LogP contribution in [0.1, 0.15) is 84.2 Å². The lowest BCUT2D eigenvalue weighted by molar-refractivity contribution is -0.149. The quantitative estimate of drug-likeness (QED) is 0.126. The molecule has 308 valence electrons. The van der Waals surface area contributed by atoms with Gasteiger partial charge in [-0.05, 0) is 49.5 Å². The number of likely N-dealkylation sites (tertiary alicyclic amines) is 1. The summed E-state index contributed by atoms with van der Waals surface area (Å²) in [6.45, 7) is 6.98. The number of nitrogens with zero attached hydrogens (tertiary/aromatic N) is 2. The lowest BCUT2D eigenvalue weighted by atomic mass is 9.83. The number of hydrogen-bond donors (Lipinski definition) is 4. The molecule has 7 atom stereocenters. The van der Waals surface area contributed by atoms with E-state index in [9.17, 15) is 38.4 Å². The maximum atomic E-state index is 14.4. The number of carbonyl (C=O) groups is 8. The highest BCUT2D eigenvalue weighted by molar-refractivity contribution is 6.38. The van der Waals surface area contributed by atoms with E-state index in [-0.39, 0.29) is 43.9 Å². The third-order valence-electron chi connectivity index (χ3n) is 10.6. The van der Waals surface area contributed by atoms with E-state index in [0.717, 1.165) is 19.3 Å². The van der Waals surface area contributed by atoms with Crippen LogP contribution >= 0.6 is 0 Å². The molecule has 0 spiro atoms. The topological polar surface area (TPSA) is 210 Å². The van der Waals surface area contributed by atoms with Crippen molar-refractivity contribution in [1.29, 1.82) is 0 Å². The van der Waals surface area contributed by atoms with Crippen molar-refractivity contribution in [2.45, 2.75) is 96.8 Å². The predicted octanol–water partition coefficient (Wildman–Crippen LogP) is 1.87. The number of rotatable bonds is 18. The number of carbonyl (C=O) groups excluding carboxylic acids is 8. The summed E-state index contributed by atoms with van der Waals surface area (Å²) in [5.41, 5.74) is 0.530. The van der Waals surface area contributed by atoms with Gasteiger partial charge in [0, 0.05) is 26.6 Å². The van der Waals surface area contributed by atoms with Gasteiger partial charge < -0.3 is 40.5 Å². The van der Waals surface area contributed by atoms with Crippen LogP contribution in [-0.4, -0.2) is 116 Å².